The Morgan fingerprint density at radius 1 is 1.14 bits per heavy atom. The van der Waals surface area contributed by atoms with E-state index in [0.29, 0.717) is 37.3 Å². The first kappa shape index (κ1) is 30.9. The molecule has 2 aliphatic heterocycles. The predicted molar refractivity (Wildman–Crippen MR) is 169 cm³/mol. The molecule has 0 saturated heterocycles. The molecular formula is C35H43ClN2O6. The first-order valence-corrected chi connectivity index (χ1v) is 16.1. The molecule has 6 atom stereocenters. The zero-order valence-corrected chi connectivity index (χ0v) is 26.6. The molecule has 2 aliphatic carbocycles. The first-order chi connectivity index (χ1) is 21.0. The van der Waals surface area contributed by atoms with Crippen molar-refractivity contribution in [2.24, 2.45) is 17.8 Å². The maximum Gasteiger partial charge on any atom is 0.340 e. The third-order valence-electron chi connectivity index (χ3n) is 10.5. The van der Waals surface area contributed by atoms with Crippen molar-refractivity contribution in [2.45, 2.75) is 62.6 Å². The number of methoxy groups -OCH3 is 1. The zero-order chi connectivity index (χ0) is 31.2. The van der Waals surface area contributed by atoms with Crippen molar-refractivity contribution in [3.8, 4) is 5.75 Å². The smallest absolute Gasteiger partial charge is 0.340 e. The molecule has 0 aromatic heterocycles. The van der Waals surface area contributed by atoms with Crippen molar-refractivity contribution in [2.75, 3.05) is 45.3 Å². The van der Waals surface area contributed by atoms with E-state index in [4.69, 9.17) is 21.1 Å². The Labute approximate surface area is 264 Å². The Hall–Kier alpha value is -3.07. The van der Waals surface area contributed by atoms with Crippen LogP contribution in [0.1, 0.15) is 55.7 Å². The summed E-state index contributed by atoms with van der Waals surface area (Å²) < 4.78 is 12.6. The highest BCUT2D eigenvalue weighted by Gasteiger charge is 2.46. The van der Waals surface area contributed by atoms with Crippen LogP contribution in [0.15, 0.2) is 48.6 Å². The van der Waals surface area contributed by atoms with Crippen molar-refractivity contribution in [3.63, 3.8) is 0 Å². The van der Waals surface area contributed by atoms with Crippen LogP contribution in [0.3, 0.4) is 0 Å². The van der Waals surface area contributed by atoms with Crippen LogP contribution in [0, 0.1) is 17.8 Å². The molecular weight excluding hydrogens is 580 g/mol. The first-order valence-electron chi connectivity index (χ1n) is 15.7. The van der Waals surface area contributed by atoms with Crippen molar-refractivity contribution < 1.29 is 29.3 Å². The molecule has 44 heavy (non-hydrogen) atoms. The summed E-state index contributed by atoms with van der Waals surface area (Å²) in [5, 5.41) is 22.7. The van der Waals surface area contributed by atoms with E-state index in [1.54, 1.807) is 32.4 Å². The van der Waals surface area contributed by atoms with Crippen LogP contribution in [0.4, 0.5) is 5.69 Å². The second kappa shape index (κ2) is 12.0. The van der Waals surface area contributed by atoms with E-state index in [-0.39, 0.29) is 23.0 Å². The van der Waals surface area contributed by atoms with Crippen LogP contribution in [0.2, 0.25) is 5.02 Å². The van der Waals surface area contributed by atoms with E-state index >= 15 is 0 Å². The van der Waals surface area contributed by atoms with Gasteiger partial charge in [-0.3, -0.25) is 4.79 Å². The average Bonchev–Trinajstić information content (AvgIpc) is 3.13. The number of carbonyl (C=O) groups excluding carboxylic acids is 1. The lowest BCUT2D eigenvalue weighted by molar-refractivity contribution is -0.164. The molecule has 1 spiro atoms. The third kappa shape index (κ3) is 5.61. The van der Waals surface area contributed by atoms with Crippen LogP contribution in [-0.2, 0) is 31.8 Å². The second-order valence-electron chi connectivity index (χ2n) is 13.5. The Morgan fingerprint density at radius 3 is 2.68 bits per heavy atom. The molecule has 4 aliphatic rings. The molecule has 6 rings (SSSR count). The Morgan fingerprint density at radius 2 is 1.95 bits per heavy atom. The lowest BCUT2D eigenvalue weighted by Crippen LogP contribution is -2.49. The minimum absolute atomic E-state index is 0.0272. The summed E-state index contributed by atoms with van der Waals surface area (Å²) in [5.74, 6) is -0.530. The highest BCUT2D eigenvalue weighted by Crippen LogP contribution is 2.47. The summed E-state index contributed by atoms with van der Waals surface area (Å²) in [4.78, 5) is 29.8. The van der Waals surface area contributed by atoms with Gasteiger partial charge in [-0.25, -0.2) is 4.79 Å². The molecule has 1 fully saturated rings. The van der Waals surface area contributed by atoms with Crippen molar-refractivity contribution >= 4 is 29.2 Å². The Balaban J connectivity index is 1.47. The molecule has 8 nitrogen and oxygen atoms in total. The highest BCUT2D eigenvalue weighted by atomic mass is 35.5. The minimum atomic E-state index is -2.39. The van der Waals surface area contributed by atoms with Gasteiger partial charge >= 0.3 is 5.97 Å². The number of halogens is 1. The number of nitrogens with zero attached hydrogens (tertiary/aromatic N) is 2. The van der Waals surface area contributed by atoms with E-state index in [0.717, 1.165) is 49.4 Å². The molecule has 2 bridgehead atoms. The summed E-state index contributed by atoms with van der Waals surface area (Å²) in [7, 11) is 3.41. The topological polar surface area (TPSA) is 99.5 Å². The molecule has 236 valence electrons. The molecule has 9 heteroatoms. The molecule has 1 saturated carbocycles. The lowest BCUT2D eigenvalue weighted by atomic mass is 9.68. The van der Waals surface area contributed by atoms with E-state index in [1.807, 2.05) is 13.0 Å². The maximum atomic E-state index is 13.3. The standard InChI is InChI=1S/C35H43ClN2O6/c1-22-6-12-30(43-3)27-10-7-24(27)19-38-20-34(14-4-5-23-15-26(36)9-11-28(23)34)21-44-31-13-8-25(16-29(31)38)35(42,33(40)41)17-32(39)37(2)18-22/h6,8-9,11-13,15-16,22,24,27,30,42H,4-5,7,10,14,17-21H2,1-3H3,(H,40,41)/b12-6-/t22-,24+,27-,30+,34+,35-/m1/s1. The van der Waals surface area contributed by atoms with Crippen molar-refractivity contribution in [1.29, 1.82) is 0 Å². The van der Waals surface area contributed by atoms with Crippen LogP contribution in [-0.4, -0.2) is 73.5 Å². The van der Waals surface area contributed by atoms with Gasteiger partial charge in [0, 0.05) is 44.2 Å². The van der Waals surface area contributed by atoms with Crippen LogP contribution >= 0.6 is 11.6 Å². The van der Waals surface area contributed by atoms with Gasteiger partial charge in [-0.05, 0) is 90.8 Å². The fraction of sp³-hybridized carbons (Fsp3) is 0.543. The molecule has 1 amide bonds. The van der Waals surface area contributed by atoms with Gasteiger partial charge < -0.3 is 29.5 Å². The number of rotatable bonds is 2. The zero-order valence-electron chi connectivity index (χ0n) is 25.8. The summed E-state index contributed by atoms with van der Waals surface area (Å²) in [6.07, 6.45) is 8.66. The molecule has 0 radical (unpaired) electrons. The van der Waals surface area contributed by atoms with E-state index in [9.17, 15) is 19.8 Å². The summed E-state index contributed by atoms with van der Waals surface area (Å²) >= 11 is 6.41. The number of carboxylic acids is 1. The Kier molecular flexibility index (Phi) is 8.46. The van der Waals surface area contributed by atoms with Crippen LogP contribution in [0.5, 0.6) is 5.75 Å². The van der Waals surface area contributed by atoms with E-state index < -0.39 is 23.9 Å². The van der Waals surface area contributed by atoms with Gasteiger partial charge in [-0.15, -0.1) is 0 Å². The minimum Gasteiger partial charge on any atom is -0.490 e. The van der Waals surface area contributed by atoms with Gasteiger partial charge in [0.25, 0.3) is 0 Å². The number of hydrogen-bond donors (Lipinski definition) is 2. The molecule has 2 aromatic rings. The van der Waals surface area contributed by atoms with E-state index in [2.05, 4.69) is 29.2 Å². The largest absolute Gasteiger partial charge is 0.490 e. The second-order valence-corrected chi connectivity index (χ2v) is 13.9. The normalized spacial score (nSPS) is 33.0. The number of benzene rings is 2. The number of ether oxygens (including phenoxy) is 2. The van der Waals surface area contributed by atoms with Crippen molar-refractivity contribution in [3.05, 3.63) is 70.3 Å². The summed E-state index contributed by atoms with van der Waals surface area (Å²) in [6.45, 7) is 4.32. The third-order valence-corrected chi connectivity index (χ3v) is 10.8. The van der Waals surface area contributed by atoms with Crippen LogP contribution < -0.4 is 9.64 Å². The van der Waals surface area contributed by atoms with Gasteiger partial charge in [0.05, 0.1) is 24.8 Å². The van der Waals surface area contributed by atoms with Gasteiger partial charge in [0.2, 0.25) is 5.91 Å². The van der Waals surface area contributed by atoms with E-state index in [1.165, 1.54) is 16.0 Å². The van der Waals surface area contributed by atoms with Gasteiger partial charge in [-0.2, -0.15) is 0 Å². The number of carboxylic acid groups (broad SMARTS) is 1. The number of fused-ring (bicyclic) bond motifs is 4. The highest BCUT2D eigenvalue weighted by molar-refractivity contribution is 6.30. The fourth-order valence-corrected chi connectivity index (χ4v) is 8.05. The monoisotopic (exact) mass is 622 g/mol. The quantitative estimate of drug-likeness (QED) is 0.445. The van der Waals surface area contributed by atoms with Gasteiger partial charge in [0.1, 0.15) is 5.75 Å². The summed E-state index contributed by atoms with van der Waals surface area (Å²) in [5.41, 5.74) is 0.746. The van der Waals surface area contributed by atoms with Crippen molar-refractivity contribution in [1.82, 2.24) is 4.90 Å². The number of aryl methyl sites for hydroxylation is 1. The number of anilines is 1. The molecule has 0 unspecified atom stereocenters. The molecule has 2 N–H and O–H groups in total. The predicted octanol–water partition coefficient (Wildman–Crippen LogP) is 5.18. The lowest BCUT2D eigenvalue weighted by Gasteiger charge is -2.46. The molecule has 2 heterocycles. The van der Waals surface area contributed by atoms with Gasteiger partial charge in [0.15, 0.2) is 5.60 Å². The fourth-order valence-electron chi connectivity index (χ4n) is 7.85. The number of amides is 1. The molecule has 2 aromatic carbocycles. The average molecular weight is 623 g/mol. The number of hydrogen-bond acceptors (Lipinski definition) is 6. The number of aliphatic hydroxyl groups is 1. The number of aliphatic carboxylic acids is 1. The summed E-state index contributed by atoms with van der Waals surface area (Å²) in [6, 6.07) is 11.3. The van der Waals surface area contributed by atoms with Crippen LogP contribution in [0.25, 0.3) is 0 Å². The maximum absolute atomic E-state index is 13.3. The number of carbonyl (C=O) groups is 2. The van der Waals surface area contributed by atoms with Gasteiger partial charge in [-0.1, -0.05) is 42.8 Å². The SMILES string of the molecule is CO[C@H]1/C=C\[C@@H](C)CN(C)C(=O)C[C@](O)(C(=O)O)c2ccc3c(c2)N(C[C@@H]2CC[C@H]21)C[C@@]1(CCCc2cc(Cl)ccc21)CO3. The Bertz CT molecular complexity index is 1460.